The standard InChI is InChI=1S/C12H20F3N3/c13-12(14,15)10-4-2-1-3-8(10)7-17-11(16)18-9-5-6-9/h8-10H,1-7H2,(H3,16,17,18). The van der Waals surface area contributed by atoms with Gasteiger partial charge in [0, 0.05) is 12.6 Å². The van der Waals surface area contributed by atoms with Gasteiger partial charge in [0.1, 0.15) is 0 Å². The van der Waals surface area contributed by atoms with Gasteiger partial charge in [0.15, 0.2) is 5.96 Å². The number of rotatable bonds is 3. The van der Waals surface area contributed by atoms with Crippen molar-refractivity contribution >= 4 is 5.96 Å². The Balaban J connectivity index is 1.88. The Hall–Kier alpha value is -0.940. The van der Waals surface area contributed by atoms with Crippen molar-refractivity contribution in [2.24, 2.45) is 22.6 Å². The van der Waals surface area contributed by atoms with E-state index in [9.17, 15) is 13.2 Å². The summed E-state index contributed by atoms with van der Waals surface area (Å²) < 4.78 is 38.5. The van der Waals surface area contributed by atoms with E-state index in [-0.39, 0.29) is 13.0 Å². The van der Waals surface area contributed by atoms with Crippen LogP contribution in [-0.4, -0.2) is 24.7 Å². The molecule has 0 spiro atoms. The van der Waals surface area contributed by atoms with Crippen molar-refractivity contribution in [2.75, 3.05) is 6.54 Å². The molecule has 2 rings (SSSR count). The first-order valence-corrected chi connectivity index (χ1v) is 6.60. The Labute approximate surface area is 105 Å². The van der Waals surface area contributed by atoms with Gasteiger partial charge in [-0.05, 0) is 31.6 Å². The highest BCUT2D eigenvalue weighted by Crippen LogP contribution is 2.41. The highest BCUT2D eigenvalue weighted by atomic mass is 19.4. The smallest absolute Gasteiger partial charge is 0.370 e. The summed E-state index contributed by atoms with van der Waals surface area (Å²) in [5.74, 6) is -1.31. The number of halogens is 3. The molecule has 2 atom stereocenters. The zero-order valence-electron chi connectivity index (χ0n) is 10.3. The average molecular weight is 263 g/mol. The third-order valence-corrected chi connectivity index (χ3v) is 3.76. The van der Waals surface area contributed by atoms with Crippen molar-refractivity contribution in [3.63, 3.8) is 0 Å². The van der Waals surface area contributed by atoms with E-state index in [0.717, 1.165) is 19.3 Å². The van der Waals surface area contributed by atoms with Crippen LogP contribution in [0.4, 0.5) is 13.2 Å². The number of nitrogens with one attached hydrogen (secondary N) is 1. The summed E-state index contributed by atoms with van der Waals surface area (Å²) in [6.45, 7) is 0.190. The fourth-order valence-corrected chi connectivity index (χ4v) is 2.56. The molecule has 3 nitrogen and oxygen atoms in total. The third kappa shape index (κ3) is 3.78. The van der Waals surface area contributed by atoms with Crippen molar-refractivity contribution < 1.29 is 13.2 Å². The first kappa shape index (κ1) is 13.5. The van der Waals surface area contributed by atoms with E-state index in [2.05, 4.69) is 10.3 Å². The van der Waals surface area contributed by atoms with Gasteiger partial charge in [-0.1, -0.05) is 12.8 Å². The minimum atomic E-state index is -4.10. The van der Waals surface area contributed by atoms with Gasteiger partial charge in [-0.3, -0.25) is 4.99 Å². The molecular weight excluding hydrogens is 243 g/mol. The predicted molar refractivity (Wildman–Crippen MR) is 64.2 cm³/mol. The maximum Gasteiger partial charge on any atom is 0.392 e. The van der Waals surface area contributed by atoms with E-state index in [1.165, 1.54) is 0 Å². The summed E-state index contributed by atoms with van der Waals surface area (Å²) in [4.78, 5) is 4.08. The maximum absolute atomic E-state index is 12.8. The summed E-state index contributed by atoms with van der Waals surface area (Å²) in [6, 6.07) is 0.388. The molecule has 0 aromatic carbocycles. The van der Waals surface area contributed by atoms with Crippen molar-refractivity contribution in [1.82, 2.24) is 5.32 Å². The molecule has 2 fully saturated rings. The van der Waals surface area contributed by atoms with Gasteiger partial charge in [0.2, 0.25) is 0 Å². The van der Waals surface area contributed by atoms with E-state index < -0.39 is 18.0 Å². The quantitative estimate of drug-likeness (QED) is 0.607. The van der Waals surface area contributed by atoms with E-state index in [0.29, 0.717) is 24.8 Å². The lowest BCUT2D eigenvalue weighted by Crippen LogP contribution is -2.37. The van der Waals surface area contributed by atoms with Gasteiger partial charge in [0.25, 0.3) is 0 Å². The highest BCUT2D eigenvalue weighted by Gasteiger charge is 2.45. The lowest BCUT2D eigenvalue weighted by molar-refractivity contribution is -0.195. The number of hydrogen-bond donors (Lipinski definition) is 2. The van der Waals surface area contributed by atoms with E-state index >= 15 is 0 Å². The number of nitrogens with zero attached hydrogens (tertiary/aromatic N) is 1. The second-order valence-electron chi connectivity index (χ2n) is 5.34. The van der Waals surface area contributed by atoms with Crippen LogP contribution in [0.5, 0.6) is 0 Å². The van der Waals surface area contributed by atoms with Crippen LogP contribution < -0.4 is 11.1 Å². The van der Waals surface area contributed by atoms with E-state index in [4.69, 9.17) is 5.73 Å². The molecule has 2 aliphatic carbocycles. The average Bonchev–Trinajstić information content (AvgIpc) is 3.09. The maximum atomic E-state index is 12.8. The number of guanidine groups is 1. The molecule has 0 aromatic rings. The predicted octanol–water partition coefficient (Wildman–Crippen LogP) is 2.42. The molecule has 0 bridgehead atoms. The number of hydrogen-bond acceptors (Lipinski definition) is 1. The molecule has 3 N–H and O–H groups in total. The lowest BCUT2D eigenvalue weighted by Gasteiger charge is -2.32. The molecule has 2 unspecified atom stereocenters. The number of alkyl halides is 3. The van der Waals surface area contributed by atoms with Gasteiger partial charge >= 0.3 is 6.18 Å². The van der Waals surface area contributed by atoms with Crippen LogP contribution in [0.3, 0.4) is 0 Å². The van der Waals surface area contributed by atoms with Gasteiger partial charge in [-0.15, -0.1) is 0 Å². The Kier molecular flexibility index (Phi) is 4.02. The van der Waals surface area contributed by atoms with Crippen molar-refractivity contribution in [1.29, 1.82) is 0 Å². The van der Waals surface area contributed by atoms with Crippen molar-refractivity contribution in [3.05, 3.63) is 0 Å². The Bertz CT molecular complexity index is 310. The summed E-state index contributed by atoms with van der Waals surface area (Å²) in [5.41, 5.74) is 5.64. The van der Waals surface area contributed by atoms with Crippen LogP contribution in [0.15, 0.2) is 4.99 Å². The van der Waals surface area contributed by atoms with Crippen LogP contribution in [0, 0.1) is 11.8 Å². The molecule has 0 heterocycles. The van der Waals surface area contributed by atoms with Crippen molar-refractivity contribution in [2.45, 2.75) is 50.7 Å². The topological polar surface area (TPSA) is 50.4 Å². The molecule has 104 valence electrons. The van der Waals surface area contributed by atoms with Gasteiger partial charge in [-0.2, -0.15) is 13.2 Å². The number of nitrogens with two attached hydrogens (primary N) is 1. The Morgan fingerprint density at radius 1 is 1.17 bits per heavy atom. The molecule has 6 heteroatoms. The molecule has 2 aliphatic rings. The first-order chi connectivity index (χ1) is 8.47. The monoisotopic (exact) mass is 263 g/mol. The zero-order chi connectivity index (χ0) is 13.2. The molecule has 18 heavy (non-hydrogen) atoms. The Morgan fingerprint density at radius 3 is 2.44 bits per heavy atom. The Morgan fingerprint density at radius 2 is 1.83 bits per heavy atom. The molecule has 0 aliphatic heterocycles. The molecule has 0 amide bonds. The van der Waals surface area contributed by atoms with Crippen LogP contribution in [0.1, 0.15) is 38.5 Å². The van der Waals surface area contributed by atoms with Crippen molar-refractivity contribution in [3.8, 4) is 0 Å². The third-order valence-electron chi connectivity index (χ3n) is 3.76. The second kappa shape index (κ2) is 5.36. The SMILES string of the molecule is NC(=NCC1CCCCC1C(F)(F)F)NC1CC1. The minimum absolute atomic E-state index is 0.190. The largest absolute Gasteiger partial charge is 0.392 e. The summed E-state index contributed by atoms with van der Waals surface area (Å²) in [5, 5.41) is 2.99. The van der Waals surface area contributed by atoms with Gasteiger partial charge < -0.3 is 11.1 Å². The van der Waals surface area contributed by atoms with Gasteiger partial charge in [0.05, 0.1) is 5.92 Å². The summed E-state index contributed by atoms with van der Waals surface area (Å²) in [6.07, 6.45) is 0.419. The van der Waals surface area contributed by atoms with E-state index in [1.807, 2.05) is 0 Å². The van der Waals surface area contributed by atoms with E-state index in [1.54, 1.807) is 0 Å². The molecule has 0 radical (unpaired) electrons. The molecular formula is C12H20F3N3. The van der Waals surface area contributed by atoms with Crippen LogP contribution >= 0.6 is 0 Å². The minimum Gasteiger partial charge on any atom is -0.370 e. The normalized spacial score (nSPS) is 30.3. The van der Waals surface area contributed by atoms with Crippen LogP contribution in [0.2, 0.25) is 0 Å². The highest BCUT2D eigenvalue weighted by molar-refractivity contribution is 5.78. The second-order valence-corrected chi connectivity index (χ2v) is 5.34. The van der Waals surface area contributed by atoms with Gasteiger partial charge in [-0.25, -0.2) is 0 Å². The molecule has 2 saturated carbocycles. The summed E-state index contributed by atoms with van der Waals surface area (Å²) in [7, 11) is 0. The fraction of sp³-hybridized carbons (Fsp3) is 0.917. The fourth-order valence-electron chi connectivity index (χ4n) is 2.56. The molecule has 0 saturated heterocycles. The zero-order valence-corrected chi connectivity index (χ0v) is 10.3. The molecule has 0 aromatic heterocycles. The lowest BCUT2D eigenvalue weighted by atomic mass is 9.79. The number of aliphatic imine (C=N–C) groups is 1. The first-order valence-electron chi connectivity index (χ1n) is 6.60. The summed E-state index contributed by atoms with van der Waals surface area (Å²) >= 11 is 0. The van der Waals surface area contributed by atoms with Crippen LogP contribution in [0.25, 0.3) is 0 Å². The van der Waals surface area contributed by atoms with Crippen LogP contribution in [-0.2, 0) is 0 Å².